The zero-order chi connectivity index (χ0) is 18.5. The van der Waals surface area contributed by atoms with Gasteiger partial charge >= 0.3 is 0 Å². The molecule has 146 valence electrons. The second-order valence-electron chi connectivity index (χ2n) is 6.31. The smallest absolute Gasteiger partial charge is 0.246 e. The fourth-order valence-corrected chi connectivity index (χ4v) is 3.92. The number of guanidine groups is 1. The van der Waals surface area contributed by atoms with E-state index in [0.29, 0.717) is 12.5 Å². The van der Waals surface area contributed by atoms with Crippen LogP contribution < -0.4 is 15.5 Å². The number of aromatic nitrogens is 1. The van der Waals surface area contributed by atoms with Gasteiger partial charge in [-0.05, 0) is 38.3 Å². The number of thiazole rings is 1. The first-order chi connectivity index (χ1) is 12.6. The van der Waals surface area contributed by atoms with Crippen molar-refractivity contribution in [2.45, 2.75) is 33.2 Å². The van der Waals surface area contributed by atoms with Crippen LogP contribution in [0.4, 0.5) is 5.69 Å². The Morgan fingerprint density at radius 2 is 2.07 bits per heavy atom. The molecule has 8 heteroatoms. The minimum atomic E-state index is 0. The van der Waals surface area contributed by atoms with Crippen LogP contribution in [0.15, 0.2) is 29.3 Å². The highest BCUT2D eigenvalue weighted by Gasteiger charge is 2.21. The fourth-order valence-electron chi connectivity index (χ4n) is 3.04. The molecule has 0 radical (unpaired) electrons. The molecule has 0 saturated heterocycles. The summed E-state index contributed by atoms with van der Waals surface area (Å²) >= 11 is 1.67. The van der Waals surface area contributed by atoms with E-state index in [0.717, 1.165) is 35.8 Å². The summed E-state index contributed by atoms with van der Waals surface area (Å²) in [7, 11) is 1.70. The molecule has 0 aliphatic carbocycles. The molecule has 1 aromatic heterocycles. The van der Waals surface area contributed by atoms with Gasteiger partial charge in [-0.1, -0.05) is 18.2 Å². The van der Waals surface area contributed by atoms with Gasteiger partial charge in [0.25, 0.3) is 0 Å². The summed E-state index contributed by atoms with van der Waals surface area (Å²) in [6.07, 6.45) is 2.03. The summed E-state index contributed by atoms with van der Waals surface area (Å²) in [5.74, 6) is 0.662. The number of anilines is 1. The van der Waals surface area contributed by atoms with Crippen LogP contribution in [0.3, 0.4) is 0 Å². The minimum absolute atomic E-state index is 0. The Kier molecular flexibility index (Phi) is 8.03. The van der Waals surface area contributed by atoms with Gasteiger partial charge in [0.2, 0.25) is 5.91 Å². The van der Waals surface area contributed by atoms with Crippen LogP contribution in [0, 0.1) is 13.8 Å². The zero-order valence-electron chi connectivity index (χ0n) is 15.9. The molecule has 2 heterocycles. The first-order valence-electron chi connectivity index (χ1n) is 8.84. The van der Waals surface area contributed by atoms with Crippen molar-refractivity contribution in [1.29, 1.82) is 0 Å². The highest BCUT2D eigenvalue weighted by Crippen LogP contribution is 2.26. The lowest BCUT2D eigenvalue weighted by Crippen LogP contribution is -2.45. The van der Waals surface area contributed by atoms with E-state index in [4.69, 9.17) is 0 Å². The van der Waals surface area contributed by atoms with Crippen molar-refractivity contribution in [1.82, 2.24) is 15.6 Å². The van der Waals surface area contributed by atoms with Gasteiger partial charge < -0.3 is 15.5 Å². The number of nitrogens with one attached hydrogen (secondary N) is 2. The largest absolute Gasteiger partial charge is 0.350 e. The van der Waals surface area contributed by atoms with Gasteiger partial charge in [0, 0.05) is 24.2 Å². The Morgan fingerprint density at radius 3 is 2.78 bits per heavy atom. The molecular weight excluding hydrogens is 473 g/mol. The van der Waals surface area contributed by atoms with Crippen molar-refractivity contribution >= 4 is 52.9 Å². The summed E-state index contributed by atoms with van der Waals surface area (Å²) in [5, 5.41) is 7.35. The van der Waals surface area contributed by atoms with Crippen LogP contribution >= 0.6 is 35.3 Å². The molecule has 3 rings (SSSR count). The summed E-state index contributed by atoms with van der Waals surface area (Å²) in [6, 6.07) is 8.13. The van der Waals surface area contributed by atoms with Crippen LogP contribution in [0.5, 0.6) is 0 Å². The third-order valence-electron chi connectivity index (χ3n) is 4.52. The number of hydrogen-bond acceptors (Lipinski definition) is 4. The first-order valence-corrected chi connectivity index (χ1v) is 9.66. The molecule has 1 amide bonds. The quantitative estimate of drug-likeness (QED) is 0.386. The summed E-state index contributed by atoms with van der Waals surface area (Å²) in [4.78, 5) is 24.5. The number of amides is 1. The van der Waals surface area contributed by atoms with E-state index in [1.54, 1.807) is 18.4 Å². The lowest BCUT2D eigenvalue weighted by molar-refractivity contribution is -0.117. The number of carbonyl (C=O) groups is 1. The Balaban J connectivity index is 0.00000261. The first kappa shape index (κ1) is 21.6. The third kappa shape index (κ3) is 5.41. The Morgan fingerprint density at radius 1 is 1.30 bits per heavy atom. The zero-order valence-corrected chi connectivity index (χ0v) is 19.1. The van der Waals surface area contributed by atoms with E-state index in [1.807, 2.05) is 30.0 Å². The van der Waals surface area contributed by atoms with Crippen LogP contribution in [0.25, 0.3) is 0 Å². The number of rotatable bonds is 4. The maximum atomic E-state index is 12.7. The summed E-state index contributed by atoms with van der Waals surface area (Å²) in [5.41, 5.74) is 3.33. The number of aryl methyl sites for hydroxylation is 3. The van der Waals surface area contributed by atoms with Crippen LogP contribution in [0.2, 0.25) is 0 Å². The second-order valence-corrected chi connectivity index (χ2v) is 7.59. The average molecular weight is 499 g/mol. The fraction of sp³-hybridized carbons (Fsp3) is 0.421. The molecule has 27 heavy (non-hydrogen) atoms. The molecule has 0 atom stereocenters. The van der Waals surface area contributed by atoms with E-state index in [-0.39, 0.29) is 36.4 Å². The van der Waals surface area contributed by atoms with E-state index >= 15 is 0 Å². The average Bonchev–Trinajstić information content (AvgIpc) is 2.99. The van der Waals surface area contributed by atoms with Crippen molar-refractivity contribution in [3.05, 3.63) is 45.4 Å². The van der Waals surface area contributed by atoms with E-state index in [2.05, 4.69) is 33.6 Å². The lowest BCUT2D eigenvalue weighted by atomic mass is 10.0. The normalized spacial score (nSPS) is 13.6. The van der Waals surface area contributed by atoms with E-state index in [1.165, 1.54) is 10.4 Å². The summed E-state index contributed by atoms with van der Waals surface area (Å²) < 4.78 is 0. The molecule has 6 nitrogen and oxygen atoms in total. The SMILES string of the molecule is CN=C(NCC(=O)N1CCCc2ccccc21)NCc1nc(C)c(C)s1.I. The molecule has 2 aromatic rings. The van der Waals surface area contributed by atoms with Gasteiger partial charge in [-0.2, -0.15) is 0 Å². The van der Waals surface area contributed by atoms with E-state index in [9.17, 15) is 4.79 Å². The number of nitrogens with zero attached hydrogens (tertiary/aromatic N) is 3. The van der Waals surface area contributed by atoms with Gasteiger partial charge in [-0.25, -0.2) is 4.98 Å². The molecule has 0 spiro atoms. The van der Waals surface area contributed by atoms with Gasteiger partial charge in [0.05, 0.1) is 18.8 Å². The Hall–Kier alpha value is -1.68. The van der Waals surface area contributed by atoms with Crippen LogP contribution in [-0.4, -0.2) is 37.0 Å². The van der Waals surface area contributed by atoms with Gasteiger partial charge in [0.15, 0.2) is 5.96 Å². The van der Waals surface area contributed by atoms with Gasteiger partial charge in [-0.3, -0.25) is 9.79 Å². The number of aliphatic imine (C=N–C) groups is 1. The number of carbonyl (C=O) groups excluding carboxylic acids is 1. The lowest BCUT2D eigenvalue weighted by Gasteiger charge is -2.29. The van der Waals surface area contributed by atoms with Crippen LogP contribution in [-0.2, 0) is 17.8 Å². The standard InChI is InChI=1S/C19H25N5OS.HI/c1-13-14(2)26-17(23-13)11-21-19(20-3)22-12-18(25)24-10-6-8-15-7-4-5-9-16(15)24;/h4-5,7,9H,6,8,10-12H2,1-3H3,(H2,20,21,22);1H. The maximum Gasteiger partial charge on any atom is 0.246 e. The predicted molar refractivity (Wildman–Crippen MR) is 122 cm³/mol. The van der Waals surface area contributed by atoms with Crippen molar-refractivity contribution in [3.8, 4) is 0 Å². The Labute approximate surface area is 181 Å². The number of halogens is 1. The number of para-hydroxylation sites is 1. The number of benzene rings is 1. The maximum absolute atomic E-state index is 12.7. The van der Waals surface area contributed by atoms with Gasteiger partial charge in [-0.15, -0.1) is 35.3 Å². The van der Waals surface area contributed by atoms with E-state index < -0.39 is 0 Å². The highest BCUT2D eigenvalue weighted by molar-refractivity contribution is 14.0. The van der Waals surface area contributed by atoms with Crippen LogP contribution in [0.1, 0.15) is 27.6 Å². The molecular formula is C19H26IN5OS. The highest BCUT2D eigenvalue weighted by atomic mass is 127. The van der Waals surface area contributed by atoms with Crippen molar-refractivity contribution in [3.63, 3.8) is 0 Å². The summed E-state index contributed by atoms with van der Waals surface area (Å²) in [6.45, 7) is 5.65. The molecule has 0 saturated carbocycles. The molecule has 1 aliphatic heterocycles. The molecule has 0 fully saturated rings. The molecule has 0 bridgehead atoms. The van der Waals surface area contributed by atoms with Crippen molar-refractivity contribution < 1.29 is 4.79 Å². The number of hydrogen-bond donors (Lipinski definition) is 2. The monoisotopic (exact) mass is 499 g/mol. The number of fused-ring (bicyclic) bond motifs is 1. The predicted octanol–water partition coefficient (Wildman–Crippen LogP) is 3.02. The van der Waals surface area contributed by atoms with Crippen molar-refractivity contribution in [2.75, 3.05) is 25.0 Å². The Bertz CT molecular complexity index is 801. The molecule has 1 aromatic carbocycles. The van der Waals surface area contributed by atoms with Crippen molar-refractivity contribution in [2.24, 2.45) is 4.99 Å². The topological polar surface area (TPSA) is 69.6 Å². The molecule has 2 N–H and O–H groups in total. The molecule has 1 aliphatic rings. The third-order valence-corrected chi connectivity index (χ3v) is 5.59. The minimum Gasteiger partial charge on any atom is -0.350 e. The van der Waals surface area contributed by atoms with Gasteiger partial charge in [0.1, 0.15) is 5.01 Å². The second kappa shape index (κ2) is 10.0. The molecule has 0 unspecified atom stereocenters.